The van der Waals surface area contributed by atoms with Gasteiger partial charge in [-0.25, -0.2) is 8.42 Å². The topological polar surface area (TPSA) is 75.7 Å². The van der Waals surface area contributed by atoms with Crippen LogP contribution in [0, 0.1) is 20.8 Å². The first kappa shape index (κ1) is 24.0. The van der Waals surface area contributed by atoms with Crippen LogP contribution < -0.4 is 14.4 Å². The van der Waals surface area contributed by atoms with Crippen molar-refractivity contribution in [2.24, 2.45) is 0 Å². The van der Waals surface area contributed by atoms with Gasteiger partial charge in [0.25, 0.3) is 0 Å². The SMILES string of the molecule is COc1ccc(N(C(C)C(=O)NC(C)c2cc(C)c(C)cc2C)S(C)(=O)=O)cc1Cl. The Morgan fingerprint density at radius 3 is 2.20 bits per heavy atom. The molecule has 164 valence electrons. The van der Waals surface area contributed by atoms with Crippen LogP contribution in [0.5, 0.6) is 5.75 Å². The molecule has 2 aromatic carbocycles. The lowest BCUT2D eigenvalue weighted by Crippen LogP contribution is -2.48. The van der Waals surface area contributed by atoms with Gasteiger partial charge in [-0.1, -0.05) is 23.7 Å². The molecule has 8 heteroatoms. The molecule has 0 saturated carbocycles. The molecule has 0 aliphatic heterocycles. The second-order valence-corrected chi connectivity index (χ2v) is 9.84. The summed E-state index contributed by atoms with van der Waals surface area (Å²) in [5.74, 6) is 0.0160. The van der Waals surface area contributed by atoms with Gasteiger partial charge in [-0.3, -0.25) is 9.10 Å². The van der Waals surface area contributed by atoms with Crippen LogP contribution in [0.25, 0.3) is 0 Å². The number of rotatable bonds is 7. The first-order valence-electron chi connectivity index (χ1n) is 9.57. The summed E-state index contributed by atoms with van der Waals surface area (Å²) in [5, 5.41) is 3.20. The number of carbonyl (C=O) groups excluding carboxylic acids is 1. The van der Waals surface area contributed by atoms with Crippen molar-refractivity contribution in [3.05, 3.63) is 57.6 Å². The van der Waals surface area contributed by atoms with Crippen molar-refractivity contribution in [2.75, 3.05) is 17.7 Å². The molecule has 0 radical (unpaired) electrons. The van der Waals surface area contributed by atoms with Crippen molar-refractivity contribution in [1.82, 2.24) is 5.32 Å². The van der Waals surface area contributed by atoms with E-state index in [1.165, 1.54) is 18.7 Å². The number of benzene rings is 2. The number of nitrogens with one attached hydrogen (secondary N) is 1. The van der Waals surface area contributed by atoms with Gasteiger partial charge in [0.1, 0.15) is 11.8 Å². The summed E-state index contributed by atoms with van der Waals surface area (Å²) >= 11 is 6.17. The van der Waals surface area contributed by atoms with Gasteiger partial charge in [-0.05, 0) is 75.1 Å². The molecule has 0 fully saturated rings. The number of amides is 1. The zero-order chi connectivity index (χ0) is 22.8. The van der Waals surface area contributed by atoms with Crippen LogP contribution in [0.1, 0.15) is 42.1 Å². The third-order valence-corrected chi connectivity index (χ3v) is 6.72. The Kier molecular flexibility index (Phi) is 7.42. The number of aryl methyl sites for hydroxylation is 3. The molecule has 0 aliphatic rings. The van der Waals surface area contributed by atoms with Gasteiger partial charge in [-0.2, -0.15) is 0 Å². The van der Waals surface area contributed by atoms with Gasteiger partial charge in [0.05, 0.1) is 30.1 Å². The second kappa shape index (κ2) is 9.27. The van der Waals surface area contributed by atoms with E-state index in [0.717, 1.165) is 27.3 Å². The van der Waals surface area contributed by atoms with Gasteiger partial charge < -0.3 is 10.1 Å². The first-order chi connectivity index (χ1) is 13.9. The van der Waals surface area contributed by atoms with Crippen molar-refractivity contribution >= 4 is 33.2 Å². The molecule has 2 atom stereocenters. The summed E-state index contributed by atoms with van der Waals surface area (Å²) < 4.78 is 31.2. The van der Waals surface area contributed by atoms with E-state index >= 15 is 0 Å². The number of halogens is 1. The standard InChI is InChI=1S/C22H29ClN2O4S/c1-13-10-15(3)19(11-14(13)2)16(4)24-22(26)17(5)25(30(7,27)28)18-8-9-21(29-6)20(23)12-18/h8-12,16-17H,1-7H3,(H,24,26). The monoisotopic (exact) mass is 452 g/mol. The maximum absolute atomic E-state index is 13.0. The second-order valence-electron chi connectivity index (χ2n) is 7.58. The van der Waals surface area contributed by atoms with Gasteiger partial charge in [0.2, 0.25) is 15.9 Å². The molecule has 30 heavy (non-hydrogen) atoms. The van der Waals surface area contributed by atoms with Gasteiger partial charge in [0.15, 0.2) is 0 Å². The lowest BCUT2D eigenvalue weighted by molar-refractivity contribution is -0.122. The maximum Gasteiger partial charge on any atom is 0.244 e. The van der Waals surface area contributed by atoms with Crippen molar-refractivity contribution in [1.29, 1.82) is 0 Å². The molecule has 0 aromatic heterocycles. The highest BCUT2D eigenvalue weighted by molar-refractivity contribution is 7.92. The summed E-state index contributed by atoms with van der Waals surface area (Å²) in [6, 6.07) is 7.49. The number of carbonyl (C=O) groups is 1. The van der Waals surface area contributed by atoms with E-state index in [-0.39, 0.29) is 11.1 Å². The summed E-state index contributed by atoms with van der Waals surface area (Å²) in [6.45, 7) is 9.50. The number of hydrogen-bond donors (Lipinski definition) is 1. The fourth-order valence-electron chi connectivity index (χ4n) is 3.46. The Morgan fingerprint density at radius 1 is 1.07 bits per heavy atom. The molecule has 1 N–H and O–H groups in total. The van der Waals surface area contributed by atoms with Crippen molar-refractivity contribution in [2.45, 2.75) is 46.7 Å². The van der Waals surface area contributed by atoms with Crippen LogP contribution in [0.3, 0.4) is 0 Å². The van der Waals surface area contributed by atoms with Gasteiger partial charge in [-0.15, -0.1) is 0 Å². The molecule has 0 aliphatic carbocycles. The fraction of sp³-hybridized carbons (Fsp3) is 0.409. The highest BCUT2D eigenvalue weighted by Crippen LogP contribution is 2.31. The molecular weight excluding hydrogens is 424 g/mol. The number of ether oxygens (including phenoxy) is 1. The lowest BCUT2D eigenvalue weighted by Gasteiger charge is -2.30. The number of sulfonamides is 1. The molecular formula is C22H29ClN2O4S. The van der Waals surface area contributed by atoms with Gasteiger partial charge in [0, 0.05) is 0 Å². The van der Waals surface area contributed by atoms with E-state index in [1.807, 2.05) is 27.7 Å². The Balaban J connectivity index is 2.32. The smallest absolute Gasteiger partial charge is 0.244 e. The van der Waals surface area contributed by atoms with Crippen LogP contribution in [0.15, 0.2) is 30.3 Å². The summed E-state index contributed by atoms with van der Waals surface area (Å²) in [7, 11) is -2.27. The minimum Gasteiger partial charge on any atom is -0.495 e. The molecule has 2 rings (SSSR count). The molecule has 6 nitrogen and oxygen atoms in total. The number of methoxy groups -OCH3 is 1. The summed E-state index contributed by atoms with van der Waals surface area (Å²) in [5.41, 5.74) is 4.68. The molecule has 1 amide bonds. The Morgan fingerprint density at radius 2 is 1.67 bits per heavy atom. The number of anilines is 1. The van der Waals surface area contributed by atoms with Crippen molar-refractivity contribution < 1.29 is 17.9 Å². The maximum atomic E-state index is 13.0. The normalized spacial score (nSPS) is 13.5. The third kappa shape index (κ3) is 5.26. The van der Waals surface area contributed by atoms with Crippen LogP contribution in [0.4, 0.5) is 5.69 Å². The number of hydrogen-bond acceptors (Lipinski definition) is 4. The highest BCUT2D eigenvalue weighted by Gasteiger charge is 2.30. The highest BCUT2D eigenvalue weighted by atomic mass is 35.5. The first-order valence-corrected chi connectivity index (χ1v) is 11.8. The Bertz CT molecular complexity index is 1050. The molecule has 0 saturated heterocycles. The molecule has 0 spiro atoms. The zero-order valence-corrected chi connectivity index (χ0v) is 20.0. The minimum absolute atomic E-state index is 0.260. The van der Waals surface area contributed by atoms with Crippen LogP contribution in [-0.4, -0.2) is 33.7 Å². The molecule has 2 unspecified atom stereocenters. The van der Waals surface area contributed by atoms with E-state index in [4.69, 9.17) is 16.3 Å². The predicted octanol–water partition coefficient (Wildman–Crippen LogP) is 4.31. The van der Waals surface area contributed by atoms with Crippen molar-refractivity contribution in [3.63, 3.8) is 0 Å². The summed E-state index contributed by atoms with van der Waals surface area (Å²) in [4.78, 5) is 13.0. The minimum atomic E-state index is -3.75. The third-order valence-electron chi connectivity index (χ3n) is 5.19. The Hall–Kier alpha value is -2.25. The van der Waals surface area contributed by atoms with Crippen LogP contribution in [-0.2, 0) is 14.8 Å². The number of nitrogens with zero attached hydrogens (tertiary/aromatic N) is 1. The molecule has 0 heterocycles. The molecule has 0 bridgehead atoms. The molecule has 2 aromatic rings. The van der Waals surface area contributed by atoms with Crippen molar-refractivity contribution in [3.8, 4) is 5.75 Å². The van der Waals surface area contributed by atoms with Gasteiger partial charge >= 0.3 is 0 Å². The summed E-state index contributed by atoms with van der Waals surface area (Å²) in [6.07, 6.45) is 1.06. The van der Waals surface area contributed by atoms with E-state index in [9.17, 15) is 13.2 Å². The largest absolute Gasteiger partial charge is 0.495 e. The quantitative estimate of drug-likeness (QED) is 0.679. The van der Waals surface area contributed by atoms with E-state index < -0.39 is 22.0 Å². The fourth-order valence-corrected chi connectivity index (χ4v) is 4.88. The van der Waals surface area contributed by atoms with Crippen LogP contribution in [0.2, 0.25) is 5.02 Å². The van der Waals surface area contributed by atoms with Crippen LogP contribution >= 0.6 is 11.6 Å². The van der Waals surface area contributed by atoms with E-state index in [2.05, 4.69) is 17.4 Å². The van der Waals surface area contributed by atoms with E-state index in [1.54, 1.807) is 19.1 Å². The average molecular weight is 453 g/mol. The van der Waals surface area contributed by atoms with E-state index in [0.29, 0.717) is 11.4 Å². The predicted molar refractivity (Wildman–Crippen MR) is 122 cm³/mol. The Labute approximate surface area is 184 Å². The lowest BCUT2D eigenvalue weighted by atomic mass is 9.96. The average Bonchev–Trinajstić information content (AvgIpc) is 2.63. The zero-order valence-electron chi connectivity index (χ0n) is 18.4.